The fraction of sp³-hybridized carbons (Fsp3) is 0.417. The SMILES string of the molecule is NC(=O)C1CCCN(c2ccc(Cl)cc2N)C1. The molecule has 92 valence electrons. The van der Waals surface area contributed by atoms with E-state index in [1.54, 1.807) is 12.1 Å². The van der Waals surface area contributed by atoms with E-state index in [4.69, 9.17) is 23.1 Å². The minimum atomic E-state index is -0.234. The predicted octanol–water partition coefficient (Wildman–Crippen LogP) is 1.62. The van der Waals surface area contributed by atoms with E-state index in [0.717, 1.165) is 25.1 Å². The number of nitrogens with zero attached hydrogens (tertiary/aromatic N) is 1. The molecule has 0 spiro atoms. The highest BCUT2D eigenvalue weighted by atomic mass is 35.5. The number of rotatable bonds is 2. The number of amides is 1. The van der Waals surface area contributed by atoms with Crippen molar-refractivity contribution in [3.05, 3.63) is 23.2 Å². The molecule has 17 heavy (non-hydrogen) atoms. The van der Waals surface area contributed by atoms with E-state index >= 15 is 0 Å². The Bertz CT molecular complexity index is 436. The van der Waals surface area contributed by atoms with Crippen LogP contribution in [0.2, 0.25) is 5.02 Å². The summed E-state index contributed by atoms with van der Waals surface area (Å²) < 4.78 is 0. The minimum Gasteiger partial charge on any atom is -0.397 e. The summed E-state index contributed by atoms with van der Waals surface area (Å²) in [5, 5.41) is 0.620. The molecule has 4 nitrogen and oxygen atoms in total. The second-order valence-corrected chi connectivity index (χ2v) is 4.83. The molecule has 1 saturated heterocycles. The van der Waals surface area contributed by atoms with Crippen LogP contribution in [0, 0.1) is 5.92 Å². The lowest BCUT2D eigenvalue weighted by molar-refractivity contribution is -0.122. The summed E-state index contributed by atoms with van der Waals surface area (Å²) in [5.41, 5.74) is 12.9. The third kappa shape index (κ3) is 2.64. The molecule has 5 heteroatoms. The molecular weight excluding hydrogens is 238 g/mol. The molecule has 0 bridgehead atoms. The maximum Gasteiger partial charge on any atom is 0.222 e. The molecule has 1 fully saturated rings. The van der Waals surface area contributed by atoms with E-state index in [9.17, 15) is 4.79 Å². The van der Waals surface area contributed by atoms with E-state index in [0.29, 0.717) is 17.3 Å². The van der Waals surface area contributed by atoms with Crippen molar-refractivity contribution in [1.29, 1.82) is 0 Å². The molecular formula is C12H16ClN3O. The first-order chi connectivity index (χ1) is 8.08. The highest BCUT2D eigenvalue weighted by Crippen LogP contribution is 2.30. The molecule has 2 rings (SSSR count). The average molecular weight is 254 g/mol. The molecule has 0 radical (unpaired) electrons. The summed E-state index contributed by atoms with van der Waals surface area (Å²) in [6.45, 7) is 1.54. The molecule has 0 saturated carbocycles. The third-order valence-electron chi connectivity index (χ3n) is 3.15. The standard InChI is InChI=1S/C12H16ClN3O/c13-9-3-4-11(10(14)6-9)16-5-1-2-8(7-16)12(15)17/h3-4,6,8H,1-2,5,7,14H2,(H2,15,17). The quantitative estimate of drug-likeness (QED) is 0.787. The van der Waals surface area contributed by atoms with Crippen molar-refractivity contribution in [2.45, 2.75) is 12.8 Å². The molecule has 0 aliphatic carbocycles. The van der Waals surface area contributed by atoms with Crippen LogP contribution in [0.3, 0.4) is 0 Å². The van der Waals surface area contributed by atoms with Gasteiger partial charge in [0.25, 0.3) is 0 Å². The Kier molecular flexibility index (Phi) is 3.43. The fourth-order valence-electron chi connectivity index (χ4n) is 2.24. The molecule has 4 N–H and O–H groups in total. The molecule has 1 heterocycles. The lowest BCUT2D eigenvalue weighted by Gasteiger charge is -2.33. The van der Waals surface area contributed by atoms with Crippen LogP contribution in [0.1, 0.15) is 12.8 Å². The van der Waals surface area contributed by atoms with Gasteiger partial charge in [-0.25, -0.2) is 0 Å². The number of carbonyl (C=O) groups is 1. The number of carbonyl (C=O) groups excluding carboxylic acids is 1. The topological polar surface area (TPSA) is 72.4 Å². The number of piperidine rings is 1. The molecule has 1 amide bonds. The molecule has 1 aliphatic heterocycles. The second-order valence-electron chi connectivity index (χ2n) is 4.39. The normalized spacial score (nSPS) is 20.3. The van der Waals surface area contributed by atoms with Gasteiger partial charge in [0.05, 0.1) is 17.3 Å². The summed E-state index contributed by atoms with van der Waals surface area (Å²) in [5.74, 6) is -0.318. The number of benzene rings is 1. The van der Waals surface area contributed by atoms with E-state index in [-0.39, 0.29) is 11.8 Å². The second kappa shape index (κ2) is 4.84. The first-order valence-corrected chi connectivity index (χ1v) is 6.05. The monoisotopic (exact) mass is 253 g/mol. The first kappa shape index (κ1) is 12.0. The highest BCUT2D eigenvalue weighted by molar-refractivity contribution is 6.31. The number of hydrogen-bond acceptors (Lipinski definition) is 3. The number of nitrogens with two attached hydrogens (primary N) is 2. The summed E-state index contributed by atoms with van der Waals surface area (Å²) in [4.78, 5) is 13.3. The van der Waals surface area contributed by atoms with Crippen molar-refractivity contribution >= 4 is 28.9 Å². The maximum atomic E-state index is 11.2. The van der Waals surface area contributed by atoms with Crippen LogP contribution in [0.25, 0.3) is 0 Å². The van der Waals surface area contributed by atoms with Crippen LogP contribution in [-0.2, 0) is 4.79 Å². The van der Waals surface area contributed by atoms with Crippen LogP contribution in [0.15, 0.2) is 18.2 Å². The van der Waals surface area contributed by atoms with Gasteiger partial charge in [0.2, 0.25) is 5.91 Å². The Balaban J connectivity index is 2.19. The Morgan fingerprint density at radius 2 is 2.24 bits per heavy atom. The van der Waals surface area contributed by atoms with Gasteiger partial charge >= 0.3 is 0 Å². The maximum absolute atomic E-state index is 11.2. The molecule has 1 aromatic carbocycles. The number of hydrogen-bond donors (Lipinski definition) is 2. The fourth-order valence-corrected chi connectivity index (χ4v) is 2.42. The van der Waals surface area contributed by atoms with Gasteiger partial charge < -0.3 is 16.4 Å². The summed E-state index contributed by atoms with van der Waals surface area (Å²) >= 11 is 5.86. The van der Waals surface area contributed by atoms with Crippen LogP contribution in [-0.4, -0.2) is 19.0 Å². The molecule has 1 unspecified atom stereocenters. The molecule has 0 aromatic heterocycles. The van der Waals surface area contributed by atoms with Crippen molar-refractivity contribution in [2.75, 3.05) is 23.7 Å². The van der Waals surface area contributed by atoms with Gasteiger partial charge in [-0.05, 0) is 31.0 Å². The van der Waals surface area contributed by atoms with Gasteiger partial charge in [0, 0.05) is 18.1 Å². The zero-order valence-electron chi connectivity index (χ0n) is 9.53. The highest BCUT2D eigenvalue weighted by Gasteiger charge is 2.24. The Labute approximate surface area is 106 Å². The van der Waals surface area contributed by atoms with Crippen LogP contribution < -0.4 is 16.4 Å². The van der Waals surface area contributed by atoms with E-state index in [2.05, 4.69) is 4.90 Å². The lowest BCUT2D eigenvalue weighted by atomic mass is 9.97. The average Bonchev–Trinajstić information content (AvgIpc) is 2.29. The summed E-state index contributed by atoms with van der Waals surface area (Å²) in [7, 11) is 0. The Hall–Kier alpha value is -1.42. The molecule has 1 atom stereocenters. The van der Waals surface area contributed by atoms with Gasteiger partial charge in [-0.15, -0.1) is 0 Å². The molecule has 1 aliphatic rings. The van der Waals surface area contributed by atoms with Gasteiger partial charge in [0.1, 0.15) is 0 Å². The number of anilines is 2. The zero-order chi connectivity index (χ0) is 12.4. The predicted molar refractivity (Wildman–Crippen MR) is 70.0 cm³/mol. The number of halogens is 1. The lowest BCUT2D eigenvalue weighted by Crippen LogP contribution is -2.41. The van der Waals surface area contributed by atoms with Crippen LogP contribution in [0.4, 0.5) is 11.4 Å². The smallest absolute Gasteiger partial charge is 0.222 e. The number of primary amides is 1. The van der Waals surface area contributed by atoms with Crippen molar-refractivity contribution in [1.82, 2.24) is 0 Å². The Morgan fingerprint density at radius 1 is 1.47 bits per heavy atom. The van der Waals surface area contributed by atoms with Crippen LogP contribution >= 0.6 is 11.6 Å². The van der Waals surface area contributed by atoms with E-state index in [1.807, 2.05) is 6.07 Å². The summed E-state index contributed by atoms with van der Waals surface area (Å²) in [6, 6.07) is 5.42. The van der Waals surface area contributed by atoms with Gasteiger partial charge in [0.15, 0.2) is 0 Å². The molecule has 1 aromatic rings. The van der Waals surface area contributed by atoms with Crippen molar-refractivity contribution in [2.24, 2.45) is 11.7 Å². The first-order valence-electron chi connectivity index (χ1n) is 5.67. The van der Waals surface area contributed by atoms with E-state index in [1.165, 1.54) is 0 Å². The van der Waals surface area contributed by atoms with Gasteiger partial charge in [-0.3, -0.25) is 4.79 Å². The Morgan fingerprint density at radius 3 is 2.88 bits per heavy atom. The van der Waals surface area contributed by atoms with Crippen molar-refractivity contribution in [3.8, 4) is 0 Å². The van der Waals surface area contributed by atoms with Crippen molar-refractivity contribution in [3.63, 3.8) is 0 Å². The van der Waals surface area contributed by atoms with Crippen LogP contribution in [0.5, 0.6) is 0 Å². The largest absolute Gasteiger partial charge is 0.397 e. The number of nitrogen functional groups attached to an aromatic ring is 1. The summed E-state index contributed by atoms with van der Waals surface area (Å²) in [6.07, 6.45) is 1.81. The zero-order valence-corrected chi connectivity index (χ0v) is 10.3. The van der Waals surface area contributed by atoms with E-state index < -0.39 is 0 Å². The van der Waals surface area contributed by atoms with Gasteiger partial charge in [-0.1, -0.05) is 11.6 Å². The minimum absolute atomic E-state index is 0.0844. The van der Waals surface area contributed by atoms with Gasteiger partial charge in [-0.2, -0.15) is 0 Å². The third-order valence-corrected chi connectivity index (χ3v) is 3.39. The van der Waals surface area contributed by atoms with Crippen molar-refractivity contribution < 1.29 is 4.79 Å².